The predicted octanol–water partition coefficient (Wildman–Crippen LogP) is 7.28. The summed E-state index contributed by atoms with van der Waals surface area (Å²) in [7, 11) is 0. The van der Waals surface area contributed by atoms with E-state index in [0.717, 1.165) is 56.0 Å². The molecule has 0 saturated carbocycles. The van der Waals surface area contributed by atoms with Gasteiger partial charge in [-0.15, -0.1) is 0 Å². The Morgan fingerprint density at radius 3 is 2.46 bits per heavy atom. The minimum atomic E-state index is -0.670. The van der Waals surface area contributed by atoms with E-state index in [2.05, 4.69) is 38.8 Å². The number of nitrogens with zero attached hydrogens (tertiary/aromatic N) is 3. The van der Waals surface area contributed by atoms with Gasteiger partial charge in [0.15, 0.2) is 12.0 Å². The Labute approximate surface area is 294 Å². The number of carbonyl (C=O) groups excluding carboxylic acids is 3. The number of piperidine rings is 1. The second-order valence-corrected chi connectivity index (χ2v) is 13.8. The highest BCUT2D eigenvalue weighted by atomic mass is 16.6. The Morgan fingerprint density at radius 2 is 1.78 bits per heavy atom. The lowest BCUT2D eigenvalue weighted by Crippen LogP contribution is -2.42. The van der Waals surface area contributed by atoms with E-state index in [4.69, 9.17) is 14.2 Å². The molecule has 5 rings (SSSR count). The third-order valence-corrected chi connectivity index (χ3v) is 8.44. The largest absolute Gasteiger partial charge is 0.463 e. The molecule has 0 atom stereocenters. The van der Waals surface area contributed by atoms with Gasteiger partial charge in [-0.1, -0.05) is 43.4 Å². The molecule has 12 nitrogen and oxygen atoms in total. The van der Waals surface area contributed by atoms with Crippen molar-refractivity contribution >= 4 is 29.4 Å². The molecule has 50 heavy (non-hydrogen) atoms. The molecule has 0 spiro atoms. The summed E-state index contributed by atoms with van der Waals surface area (Å²) in [5, 5.41) is 8.36. The van der Waals surface area contributed by atoms with E-state index in [0.29, 0.717) is 23.7 Å². The normalized spacial score (nSPS) is 16.5. The van der Waals surface area contributed by atoms with Crippen LogP contribution in [0.4, 0.5) is 21.0 Å². The Hall–Kier alpha value is -5.10. The van der Waals surface area contributed by atoms with Crippen molar-refractivity contribution in [3.63, 3.8) is 0 Å². The molecule has 266 valence electrons. The molecule has 1 aromatic heterocycles. The highest BCUT2D eigenvalue weighted by molar-refractivity contribution is 6.05. The van der Waals surface area contributed by atoms with Crippen molar-refractivity contribution in [1.29, 1.82) is 0 Å². The van der Waals surface area contributed by atoms with Crippen LogP contribution in [0.5, 0.6) is 0 Å². The summed E-state index contributed by atoms with van der Waals surface area (Å²) in [6.45, 7) is 11.4. The number of amides is 4. The molecule has 1 aromatic carbocycles. The van der Waals surface area contributed by atoms with Crippen LogP contribution >= 0.6 is 0 Å². The van der Waals surface area contributed by atoms with E-state index in [1.165, 1.54) is 25.4 Å². The summed E-state index contributed by atoms with van der Waals surface area (Å²) in [5.74, 6) is 1.08. The molecule has 3 heterocycles. The summed E-state index contributed by atoms with van der Waals surface area (Å²) in [4.78, 5) is 47.7. The van der Waals surface area contributed by atoms with Gasteiger partial charge in [-0.25, -0.2) is 9.59 Å². The fraction of sp³-hybridized carbons (Fsp3) is 0.421. The van der Waals surface area contributed by atoms with Crippen LogP contribution in [-0.4, -0.2) is 64.6 Å². The fourth-order valence-corrected chi connectivity index (χ4v) is 5.71. The molecule has 4 amide bonds. The molecule has 1 fully saturated rings. The minimum Gasteiger partial charge on any atom is -0.463 e. The van der Waals surface area contributed by atoms with Crippen molar-refractivity contribution in [1.82, 2.24) is 20.1 Å². The number of allylic oxidation sites excluding steroid dienone is 4. The summed E-state index contributed by atoms with van der Waals surface area (Å²) >= 11 is 0. The third-order valence-electron chi connectivity index (χ3n) is 8.44. The monoisotopic (exact) mass is 684 g/mol. The molecule has 12 heteroatoms. The Bertz CT molecular complexity index is 1630. The van der Waals surface area contributed by atoms with Gasteiger partial charge in [0.05, 0.1) is 11.4 Å². The first-order valence-corrected chi connectivity index (χ1v) is 17.3. The topological polar surface area (TPSA) is 134 Å². The minimum absolute atomic E-state index is 0.181. The van der Waals surface area contributed by atoms with Crippen molar-refractivity contribution in [2.45, 2.75) is 71.9 Å². The number of aromatic nitrogens is 1. The molecule has 2 aromatic rings. The van der Waals surface area contributed by atoms with Crippen LogP contribution in [0.2, 0.25) is 0 Å². The summed E-state index contributed by atoms with van der Waals surface area (Å²) in [5.41, 5.74) is 2.06. The van der Waals surface area contributed by atoms with Gasteiger partial charge in [0.25, 0.3) is 5.91 Å². The van der Waals surface area contributed by atoms with Crippen molar-refractivity contribution in [2.24, 2.45) is 5.92 Å². The Kier molecular flexibility index (Phi) is 12.3. The van der Waals surface area contributed by atoms with Crippen LogP contribution in [0, 0.1) is 5.92 Å². The molecule has 3 N–H and O–H groups in total. The van der Waals surface area contributed by atoms with Crippen LogP contribution in [0.25, 0.3) is 0 Å². The number of carbonyl (C=O) groups is 3. The molecule has 1 saturated heterocycles. The Morgan fingerprint density at radius 1 is 1.02 bits per heavy atom. The zero-order valence-corrected chi connectivity index (χ0v) is 29.4. The molecule has 0 bridgehead atoms. The van der Waals surface area contributed by atoms with E-state index >= 15 is 0 Å². The molecule has 1 aliphatic carbocycles. The van der Waals surface area contributed by atoms with Crippen molar-refractivity contribution < 1.29 is 28.6 Å². The average molecular weight is 685 g/mol. The number of likely N-dealkylation sites (tertiary alicyclic amines) is 1. The van der Waals surface area contributed by atoms with E-state index < -0.39 is 17.6 Å². The smallest absolute Gasteiger partial charge is 0.412 e. The fourth-order valence-electron chi connectivity index (χ4n) is 5.71. The van der Waals surface area contributed by atoms with Gasteiger partial charge < -0.3 is 29.3 Å². The molecule has 0 unspecified atom stereocenters. The number of ether oxygens (including phenoxy) is 3. The number of hydrogen-bond acceptors (Lipinski definition) is 8. The summed E-state index contributed by atoms with van der Waals surface area (Å²) < 4.78 is 16.8. The van der Waals surface area contributed by atoms with E-state index in [-0.39, 0.29) is 24.2 Å². The second-order valence-electron chi connectivity index (χ2n) is 13.8. The predicted molar refractivity (Wildman–Crippen MR) is 192 cm³/mol. The zero-order chi connectivity index (χ0) is 35.5. The van der Waals surface area contributed by atoms with Gasteiger partial charge in [0.1, 0.15) is 17.6 Å². The van der Waals surface area contributed by atoms with Crippen molar-refractivity contribution in [2.75, 3.05) is 36.8 Å². The van der Waals surface area contributed by atoms with Crippen LogP contribution in [-0.2, 0) is 20.8 Å². The maximum absolute atomic E-state index is 13.6. The number of anilines is 2. The molecular formula is C38H48N6O6. The second kappa shape index (κ2) is 17.0. The lowest BCUT2D eigenvalue weighted by molar-refractivity contribution is 0.0635. The maximum Gasteiger partial charge on any atom is 0.412 e. The first kappa shape index (κ1) is 36.2. The maximum atomic E-state index is 13.6. The number of nitrogens with one attached hydrogen (secondary N) is 3. The van der Waals surface area contributed by atoms with Gasteiger partial charge in [0.2, 0.25) is 5.88 Å². The molecule has 0 radical (unpaired) electrons. The highest BCUT2D eigenvalue weighted by Gasteiger charge is 2.23. The zero-order valence-electron chi connectivity index (χ0n) is 29.4. The van der Waals surface area contributed by atoms with Gasteiger partial charge in [-0.05, 0) is 108 Å². The summed E-state index contributed by atoms with van der Waals surface area (Å²) in [6.07, 6.45) is 14.8. The average Bonchev–Trinajstić information content (AvgIpc) is 3.09. The number of benzene rings is 1. The van der Waals surface area contributed by atoms with E-state index in [9.17, 15) is 14.4 Å². The summed E-state index contributed by atoms with van der Waals surface area (Å²) in [6, 6.07) is 9.91. The molecule has 2 aliphatic heterocycles. The van der Waals surface area contributed by atoms with Crippen LogP contribution < -0.4 is 16.0 Å². The van der Waals surface area contributed by atoms with E-state index in [1.54, 1.807) is 68.3 Å². The SMILES string of the molecule is CC1CCN(CCCN(Cc2ccc(C(=O)Nc3ccccc3NC(=O)OC(C)(C)C)nc2)C(=O)NC2=COC=C(C3=CC=CCC3)O2)CC1. The van der Waals surface area contributed by atoms with Crippen LogP contribution in [0.1, 0.15) is 75.9 Å². The third kappa shape index (κ3) is 11.0. The Balaban J connectivity index is 1.21. The van der Waals surface area contributed by atoms with Crippen LogP contribution in [0.15, 0.2) is 90.6 Å². The lowest BCUT2D eigenvalue weighted by Gasteiger charge is -2.31. The first-order chi connectivity index (χ1) is 24.0. The van der Waals surface area contributed by atoms with Crippen molar-refractivity contribution in [3.05, 3.63) is 102 Å². The first-order valence-electron chi connectivity index (χ1n) is 17.3. The number of rotatable bonds is 11. The molecule has 3 aliphatic rings. The molecular weight excluding hydrogens is 636 g/mol. The number of para-hydroxylation sites is 2. The number of hydrogen-bond donors (Lipinski definition) is 3. The van der Waals surface area contributed by atoms with Gasteiger partial charge >= 0.3 is 12.1 Å². The van der Waals surface area contributed by atoms with E-state index in [1.807, 2.05) is 12.2 Å². The standard InChI is InChI=1S/C38H48N6O6/c1-27-17-21-43(22-18-27)19-10-20-44(36(46)42-34-26-48-25-33(49-34)29-11-6-5-7-12-29)24-28-15-16-32(39-23-28)35(45)40-30-13-8-9-14-31(30)41-37(47)50-38(2,3)4/h5-6,8-9,11,13-16,23,25-27H,7,10,12,17-22,24H2,1-4H3,(H,40,45)(H,41,47)(H,42,46). The van der Waals surface area contributed by atoms with Gasteiger partial charge in [-0.2, -0.15) is 0 Å². The lowest BCUT2D eigenvalue weighted by atomic mass is 9.99. The highest BCUT2D eigenvalue weighted by Crippen LogP contribution is 2.26. The number of urea groups is 1. The van der Waals surface area contributed by atoms with Gasteiger partial charge in [0, 0.05) is 19.3 Å². The number of pyridine rings is 1. The van der Waals surface area contributed by atoms with Gasteiger partial charge in [-0.3, -0.25) is 20.4 Å². The quantitative estimate of drug-likeness (QED) is 0.225. The van der Waals surface area contributed by atoms with Crippen LogP contribution in [0.3, 0.4) is 0 Å². The van der Waals surface area contributed by atoms with Crippen molar-refractivity contribution in [3.8, 4) is 0 Å².